The first-order chi connectivity index (χ1) is 14.4. The van der Waals surface area contributed by atoms with Gasteiger partial charge in [0.25, 0.3) is 15.9 Å². The third-order valence-electron chi connectivity index (χ3n) is 5.22. The number of hydrogen-bond acceptors (Lipinski definition) is 5. The SMILES string of the molecule is Cc1cccc(-n2ncc(C(=O)NCc3ccc(S(=O)(=O)N4CCCC4)s3)c2C)c1. The van der Waals surface area contributed by atoms with Gasteiger partial charge in [0, 0.05) is 18.0 Å². The Morgan fingerprint density at radius 3 is 2.67 bits per heavy atom. The van der Waals surface area contributed by atoms with E-state index in [-0.39, 0.29) is 12.5 Å². The average Bonchev–Trinajstić information content (AvgIpc) is 3.47. The van der Waals surface area contributed by atoms with Crippen LogP contribution in [0.5, 0.6) is 0 Å². The highest BCUT2D eigenvalue weighted by atomic mass is 32.2. The number of amides is 1. The molecule has 0 aliphatic carbocycles. The van der Waals surface area contributed by atoms with Crippen molar-refractivity contribution in [3.63, 3.8) is 0 Å². The Labute approximate surface area is 180 Å². The minimum absolute atomic E-state index is 0.233. The van der Waals surface area contributed by atoms with E-state index in [9.17, 15) is 13.2 Å². The molecule has 1 aromatic carbocycles. The molecule has 0 spiro atoms. The van der Waals surface area contributed by atoms with Crippen molar-refractivity contribution >= 4 is 27.3 Å². The first kappa shape index (κ1) is 20.8. The minimum atomic E-state index is -3.42. The summed E-state index contributed by atoms with van der Waals surface area (Å²) in [7, 11) is -3.42. The molecule has 30 heavy (non-hydrogen) atoms. The van der Waals surface area contributed by atoms with E-state index in [1.54, 1.807) is 23.0 Å². The van der Waals surface area contributed by atoms with E-state index in [4.69, 9.17) is 0 Å². The molecule has 0 radical (unpaired) electrons. The molecule has 3 aromatic rings. The number of carbonyl (C=O) groups excluding carboxylic acids is 1. The molecule has 0 atom stereocenters. The molecule has 4 rings (SSSR count). The molecule has 1 aliphatic heterocycles. The molecular formula is C21H24N4O3S2. The number of carbonyl (C=O) groups is 1. The summed E-state index contributed by atoms with van der Waals surface area (Å²) < 4.78 is 28.9. The highest BCUT2D eigenvalue weighted by Gasteiger charge is 2.28. The lowest BCUT2D eigenvalue weighted by molar-refractivity contribution is 0.0950. The van der Waals surface area contributed by atoms with Crippen LogP contribution in [0.3, 0.4) is 0 Å². The number of nitrogens with zero attached hydrogens (tertiary/aromatic N) is 3. The van der Waals surface area contributed by atoms with Crippen molar-refractivity contribution in [2.24, 2.45) is 0 Å². The first-order valence-electron chi connectivity index (χ1n) is 9.85. The van der Waals surface area contributed by atoms with Gasteiger partial charge in [-0.3, -0.25) is 4.79 Å². The van der Waals surface area contributed by atoms with E-state index in [1.807, 2.05) is 38.1 Å². The highest BCUT2D eigenvalue weighted by molar-refractivity contribution is 7.91. The van der Waals surface area contributed by atoms with Gasteiger partial charge < -0.3 is 5.32 Å². The maximum atomic E-state index is 12.7. The number of aromatic nitrogens is 2. The Bertz CT molecular complexity index is 1170. The van der Waals surface area contributed by atoms with E-state index in [1.165, 1.54) is 15.6 Å². The van der Waals surface area contributed by atoms with Gasteiger partial charge in [-0.05, 0) is 56.5 Å². The van der Waals surface area contributed by atoms with Crippen LogP contribution in [-0.4, -0.2) is 41.5 Å². The van der Waals surface area contributed by atoms with Crippen molar-refractivity contribution in [1.82, 2.24) is 19.4 Å². The lowest BCUT2D eigenvalue weighted by Crippen LogP contribution is -2.27. The van der Waals surface area contributed by atoms with Gasteiger partial charge in [0.1, 0.15) is 4.21 Å². The van der Waals surface area contributed by atoms with E-state index in [2.05, 4.69) is 10.4 Å². The van der Waals surface area contributed by atoms with Gasteiger partial charge in [-0.25, -0.2) is 13.1 Å². The van der Waals surface area contributed by atoms with Crippen LogP contribution in [0.4, 0.5) is 0 Å². The largest absolute Gasteiger partial charge is 0.347 e. The summed E-state index contributed by atoms with van der Waals surface area (Å²) in [6, 6.07) is 11.3. The standard InChI is InChI=1S/C21H24N4O3S2/c1-15-6-5-7-17(12-15)25-16(2)19(14-23-25)21(26)22-13-18-8-9-20(29-18)30(27,28)24-10-3-4-11-24/h5-9,12,14H,3-4,10-11,13H2,1-2H3,(H,22,26). The average molecular weight is 445 g/mol. The third kappa shape index (κ3) is 4.05. The van der Waals surface area contributed by atoms with Crippen LogP contribution in [0.2, 0.25) is 0 Å². The van der Waals surface area contributed by atoms with Crippen molar-refractivity contribution in [2.45, 2.75) is 37.4 Å². The molecule has 3 heterocycles. The van der Waals surface area contributed by atoms with Gasteiger partial charge in [-0.15, -0.1) is 11.3 Å². The van der Waals surface area contributed by atoms with Gasteiger partial charge in [0.2, 0.25) is 0 Å². The molecule has 0 unspecified atom stereocenters. The lowest BCUT2D eigenvalue weighted by Gasteiger charge is -2.13. The summed E-state index contributed by atoms with van der Waals surface area (Å²) in [6.07, 6.45) is 3.37. The zero-order valence-electron chi connectivity index (χ0n) is 17.0. The Morgan fingerprint density at radius 1 is 1.17 bits per heavy atom. The van der Waals surface area contributed by atoms with Gasteiger partial charge in [0.15, 0.2) is 0 Å². The van der Waals surface area contributed by atoms with Crippen LogP contribution >= 0.6 is 11.3 Å². The molecular weight excluding hydrogens is 420 g/mol. The van der Waals surface area contributed by atoms with Crippen molar-refractivity contribution in [3.05, 3.63) is 64.3 Å². The predicted octanol–water partition coefficient (Wildman–Crippen LogP) is 3.27. The summed E-state index contributed by atoms with van der Waals surface area (Å²) in [5.41, 5.74) is 3.27. The Balaban J connectivity index is 1.44. The van der Waals surface area contributed by atoms with E-state index in [0.717, 1.165) is 34.7 Å². The first-order valence-corrected chi connectivity index (χ1v) is 12.1. The van der Waals surface area contributed by atoms with Crippen molar-refractivity contribution in [3.8, 4) is 5.69 Å². The van der Waals surface area contributed by atoms with Gasteiger partial charge in [-0.1, -0.05) is 12.1 Å². The molecule has 0 bridgehead atoms. The van der Waals surface area contributed by atoms with Crippen LogP contribution in [0.1, 0.15) is 39.3 Å². The van der Waals surface area contributed by atoms with Crippen LogP contribution in [0.25, 0.3) is 5.69 Å². The maximum Gasteiger partial charge on any atom is 0.255 e. The second-order valence-corrected chi connectivity index (χ2v) is 10.7. The zero-order chi connectivity index (χ0) is 21.3. The Kier molecular flexibility index (Phi) is 5.77. The summed E-state index contributed by atoms with van der Waals surface area (Å²) in [5.74, 6) is -0.233. The summed E-state index contributed by atoms with van der Waals surface area (Å²) in [5, 5.41) is 7.23. The van der Waals surface area contributed by atoms with Gasteiger partial charge in [0.05, 0.1) is 29.7 Å². The number of thiophene rings is 1. The third-order valence-corrected chi connectivity index (χ3v) is 8.67. The zero-order valence-corrected chi connectivity index (χ0v) is 18.6. The summed E-state index contributed by atoms with van der Waals surface area (Å²) in [4.78, 5) is 13.5. The fraction of sp³-hybridized carbons (Fsp3) is 0.333. The number of aryl methyl sites for hydroxylation is 1. The smallest absolute Gasteiger partial charge is 0.255 e. The molecule has 1 N–H and O–H groups in total. The molecule has 0 saturated carbocycles. The Morgan fingerprint density at radius 2 is 1.93 bits per heavy atom. The second-order valence-electron chi connectivity index (χ2n) is 7.41. The number of nitrogens with one attached hydrogen (secondary N) is 1. The number of sulfonamides is 1. The molecule has 2 aromatic heterocycles. The molecule has 9 heteroatoms. The summed E-state index contributed by atoms with van der Waals surface area (Å²) in [6.45, 7) is 5.30. The van der Waals surface area contributed by atoms with Crippen molar-refractivity contribution in [2.75, 3.05) is 13.1 Å². The molecule has 1 fully saturated rings. The Hall–Kier alpha value is -2.49. The van der Waals surface area contributed by atoms with Gasteiger partial charge in [-0.2, -0.15) is 9.40 Å². The van der Waals surface area contributed by atoms with Crippen molar-refractivity contribution < 1.29 is 13.2 Å². The minimum Gasteiger partial charge on any atom is -0.347 e. The number of benzene rings is 1. The van der Waals surface area contributed by atoms with Crippen LogP contribution in [0, 0.1) is 13.8 Å². The molecule has 1 aliphatic rings. The fourth-order valence-electron chi connectivity index (χ4n) is 3.56. The second kappa shape index (κ2) is 8.33. The summed E-state index contributed by atoms with van der Waals surface area (Å²) >= 11 is 1.21. The predicted molar refractivity (Wildman–Crippen MR) is 117 cm³/mol. The molecule has 158 valence electrons. The van der Waals surface area contributed by atoms with Crippen LogP contribution in [-0.2, 0) is 16.6 Å². The van der Waals surface area contributed by atoms with E-state index in [0.29, 0.717) is 22.9 Å². The fourth-order valence-corrected chi connectivity index (χ4v) is 6.53. The number of hydrogen-bond donors (Lipinski definition) is 1. The van der Waals surface area contributed by atoms with Crippen LogP contribution < -0.4 is 5.32 Å². The molecule has 1 saturated heterocycles. The van der Waals surface area contributed by atoms with Crippen molar-refractivity contribution in [1.29, 1.82) is 0 Å². The van der Waals surface area contributed by atoms with Gasteiger partial charge >= 0.3 is 0 Å². The van der Waals surface area contributed by atoms with Crippen LogP contribution in [0.15, 0.2) is 46.8 Å². The normalized spacial score (nSPS) is 14.9. The monoisotopic (exact) mass is 444 g/mol. The number of rotatable bonds is 6. The quantitative estimate of drug-likeness (QED) is 0.632. The molecule has 7 nitrogen and oxygen atoms in total. The highest BCUT2D eigenvalue weighted by Crippen LogP contribution is 2.27. The van der Waals surface area contributed by atoms with E-state index < -0.39 is 10.0 Å². The van der Waals surface area contributed by atoms with E-state index >= 15 is 0 Å². The molecule has 1 amide bonds. The lowest BCUT2D eigenvalue weighted by atomic mass is 10.2. The topological polar surface area (TPSA) is 84.3 Å². The maximum absolute atomic E-state index is 12.7.